The van der Waals surface area contributed by atoms with Crippen molar-refractivity contribution < 1.29 is 9.90 Å². The Hall–Kier alpha value is -1.06. The van der Waals surface area contributed by atoms with Crippen LogP contribution in [-0.4, -0.2) is 35.1 Å². The van der Waals surface area contributed by atoms with E-state index in [9.17, 15) is 9.90 Å². The highest BCUT2D eigenvalue weighted by Crippen LogP contribution is 2.49. The third-order valence-electron chi connectivity index (χ3n) is 4.97. The summed E-state index contributed by atoms with van der Waals surface area (Å²) < 4.78 is 0. The van der Waals surface area contributed by atoms with Gasteiger partial charge in [-0.2, -0.15) is 0 Å². The van der Waals surface area contributed by atoms with Gasteiger partial charge in [-0.1, -0.05) is 30.7 Å². The quantitative estimate of drug-likeness (QED) is 0.932. The van der Waals surface area contributed by atoms with Crippen LogP contribution in [0.25, 0.3) is 0 Å². The van der Waals surface area contributed by atoms with Crippen LogP contribution < -0.4 is 0 Å². The van der Waals surface area contributed by atoms with E-state index in [2.05, 4.69) is 6.92 Å². The lowest BCUT2D eigenvalue weighted by Gasteiger charge is -2.39. The molecule has 3 nitrogen and oxygen atoms in total. The molecule has 4 atom stereocenters. The SMILES string of the molecule is CC1CCCN(C(=O)C2CC2c2cccc(Cl)c2)C1CO. The Balaban J connectivity index is 1.69. The second kappa shape index (κ2) is 5.98. The molecule has 4 heteroatoms. The van der Waals surface area contributed by atoms with E-state index in [1.165, 1.54) is 0 Å². The van der Waals surface area contributed by atoms with Gasteiger partial charge in [-0.3, -0.25) is 4.79 Å². The molecule has 1 N–H and O–H groups in total. The van der Waals surface area contributed by atoms with Crippen LogP contribution in [0.2, 0.25) is 5.02 Å². The Morgan fingerprint density at radius 2 is 2.29 bits per heavy atom. The molecule has 1 saturated heterocycles. The van der Waals surface area contributed by atoms with E-state index in [4.69, 9.17) is 11.6 Å². The predicted molar refractivity (Wildman–Crippen MR) is 83.3 cm³/mol. The molecule has 0 radical (unpaired) electrons. The number of rotatable bonds is 3. The van der Waals surface area contributed by atoms with Crippen molar-refractivity contribution >= 4 is 17.5 Å². The summed E-state index contributed by atoms with van der Waals surface area (Å²) in [5, 5.41) is 10.3. The Bertz CT molecular complexity index is 533. The van der Waals surface area contributed by atoms with Gasteiger partial charge in [-0.15, -0.1) is 0 Å². The van der Waals surface area contributed by atoms with Crippen LogP contribution in [0.3, 0.4) is 0 Å². The van der Waals surface area contributed by atoms with Gasteiger partial charge in [0, 0.05) is 17.5 Å². The van der Waals surface area contributed by atoms with Crippen LogP contribution in [0.4, 0.5) is 0 Å². The summed E-state index contributed by atoms with van der Waals surface area (Å²) in [6.45, 7) is 2.98. The van der Waals surface area contributed by atoms with E-state index in [-0.39, 0.29) is 24.5 Å². The summed E-state index contributed by atoms with van der Waals surface area (Å²) in [5.74, 6) is 0.970. The fourth-order valence-electron chi connectivity index (χ4n) is 3.59. The molecule has 2 fully saturated rings. The summed E-state index contributed by atoms with van der Waals surface area (Å²) in [6, 6.07) is 7.80. The zero-order valence-corrected chi connectivity index (χ0v) is 13.1. The highest BCUT2D eigenvalue weighted by atomic mass is 35.5. The van der Waals surface area contributed by atoms with E-state index >= 15 is 0 Å². The Labute approximate surface area is 130 Å². The highest BCUT2D eigenvalue weighted by molar-refractivity contribution is 6.30. The molecule has 1 heterocycles. The van der Waals surface area contributed by atoms with Gasteiger partial charge in [0.2, 0.25) is 5.91 Å². The zero-order valence-electron chi connectivity index (χ0n) is 12.3. The van der Waals surface area contributed by atoms with E-state index in [0.717, 1.165) is 36.4 Å². The number of hydrogen-bond donors (Lipinski definition) is 1. The fourth-order valence-corrected chi connectivity index (χ4v) is 3.79. The van der Waals surface area contributed by atoms with E-state index in [1.807, 2.05) is 29.2 Å². The Kier molecular flexibility index (Phi) is 4.23. The first kappa shape index (κ1) is 14.9. The number of benzene rings is 1. The lowest BCUT2D eigenvalue weighted by Crippen LogP contribution is -2.50. The zero-order chi connectivity index (χ0) is 15.0. The van der Waals surface area contributed by atoms with Gasteiger partial charge in [-0.25, -0.2) is 0 Å². The minimum Gasteiger partial charge on any atom is -0.394 e. The number of nitrogens with zero attached hydrogens (tertiary/aromatic N) is 1. The second-order valence-electron chi connectivity index (χ2n) is 6.40. The molecule has 2 aliphatic rings. The molecule has 114 valence electrons. The molecule has 3 rings (SSSR count). The predicted octanol–water partition coefficient (Wildman–Crippen LogP) is 3.06. The highest BCUT2D eigenvalue weighted by Gasteiger charge is 2.47. The van der Waals surface area contributed by atoms with E-state index in [1.54, 1.807) is 0 Å². The molecular formula is C17H22ClNO2. The van der Waals surface area contributed by atoms with Crippen LogP contribution in [0, 0.1) is 11.8 Å². The molecule has 0 aromatic heterocycles. The van der Waals surface area contributed by atoms with Crippen molar-refractivity contribution in [3.05, 3.63) is 34.9 Å². The number of halogens is 1. The average Bonchev–Trinajstić information content (AvgIpc) is 3.26. The third kappa shape index (κ3) is 2.95. The van der Waals surface area contributed by atoms with Crippen LogP contribution >= 0.6 is 11.6 Å². The first-order valence-electron chi connectivity index (χ1n) is 7.78. The van der Waals surface area contributed by atoms with Gasteiger partial charge in [0.25, 0.3) is 0 Å². The molecule has 0 spiro atoms. The Morgan fingerprint density at radius 1 is 1.48 bits per heavy atom. The summed E-state index contributed by atoms with van der Waals surface area (Å²) in [4.78, 5) is 14.6. The molecule has 1 amide bonds. The summed E-state index contributed by atoms with van der Waals surface area (Å²) >= 11 is 6.03. The maximum atomic E-state index is 12.7. The van der Waals surface area contributed by atoms with Gasteiger partial charge in [-0.05, 0) is 48.8 Å². The molecular weight excluding hydrogens is 286 g/mol. The van der Waals surface area contributed by atoms with Crippen molar-refractivity contribution in [3.63, 3.8) is 0 Å². The lowest BCUT2D eigenvalue weighted by atomic mass is 9.91. The molecule has 21 heavy (non-hydrogen) atoms. The van der Waals surface area contributed by atoms with Crippen molar-refractivity contribution in [2.24, 2.45) is 11.8 Å². The van der Waals surface area contributed by atoms with Gasteiger partial charge in [0.1, 0.15) is 0 Å². The first-order chi connectivity index (χ1) is 10.1. The number of carbonyl (C=O) groups excluding carboxylic acids is 1. The standard InChI is InChI=1S/C17H22ClNO2/c1-11-4-3-7-19(16(11)10-20)17(21)15-9-14(15)12-5-2-6-13(18)8-12/h2,5-6,8,11,14-16,20H,3-4,7,9-10H2,1H3. The van der Waals surface area contributed by atoms with Gasteiger partial charge in [0.05, 0.1) is 12.6 Å². The monoisotopic (exact) mass is 307 g/mol. The topological polar surface area (TPSA) is 40.5 Å². The second-order valence-corrected chi connectivity index (χ2v) is 6.84. The third-order valence-corrected chi connectivity index (χ3v) is 5.21. The molecule has 4 unspecified atom stereocenters. The normalized spacial score (nSPS) is 32.0. The van der Waals surface area contributed by atoms with Gasteiger partial charge in [0.15, 0.2) is 0 Å². The first-order valence-corrected chi connectivity index (χ1v) is 8.16. The van der Waals surface area contributed by atoms with Gasteiger partial charge < -0.3 is 10.0 Å². The number of piperidine rings is 1. The number of aliphatic hydroxyl groups is 1. The van der Waals surface area contributed by atoms with Crippen molar-refractivity contribution in [3.8, 4) is 0 Å². The number of aliphatic hydroxyl groups excluding tert-OH is 1. The maximum absolute atomic E-state index is 12.7. The molecule has 1 aromatic carbocycles. The van der Waals surface area contributed by atoms with Crippen molar-refractivity contribution in [2.75, 3.05) is 13.2 Å². The molecule has 0 bridgehead atoms. The number of amides is 1. The smallest absolute Gasteiger partial charge is 0.226 e. The molecule has 1 aromatic rings. The molecule has 1 aliphatic heterocycles. The number of hydrogen-bond acceptors (Lipinski definition) is 2. The van der Waals surface area contributed by atoms with Crippen LogP contribution in [-0.2, 0) is 4.79 Å². The number of carbonyl (C=O) groups is 1. The van der Waals surface area contributed by atoms with Crippen molar-refractivity contribution in [2.45, 2.75) is 38.1 Å². The Morgan fingerprint density at radius 3 is 3.00 bits per heavy atom. The summed E-state index contributed by atoms with van der Waals surface area (Å²) in [5.41, 5.74) is 1.16. The van der Waals surface area contributed by atoms with Crippen LogP contribution in [0.1, 0.15) is 37.7 Å². The van der Waals surface area contributed by atoms with E-state index in [0.29, 0.717) is 11.8 Å². The van der Waals surface area contributed by atoms with Crippen LogP contribution in [0.5, 0.6) is 0 Å². The van der Waals surface area contributed by atoms with Crippen LogP contribution in [0.15, 0.2) is 24.3 Å². The number of likely N-dealkylation sites (tertiary alicyclic amines) is 1. The fraction of sp³-hybridized carbons (Fsp3) is 0.588. The van der Waals surface area contributed by atoms with Crippen molar-refractivity contribution in [1.82, 2.24) is 4.90 Å². The minimum atomic E-state index is -0.00754. The summed E-state index contributed by atoms with van der Waals surface area (Å²) in [7, 11) is 0. The molecule has 1 aliphatic carbocycles. The van der Waals surface area contributed by atoms with Crippen molar-refractivity contribution in [1.29, 1.82) is 0 Å². The van der Waals surface area contributed by atoms with Gasteiger partial charge >= 0.3 is 0 Å². The lowest BCUT2D eigenvalue weighted by molar-refractivity contribution is -0.139. The average molecular weight is 308 g/mol. The maximum Gasteiger partial charge on any atom is 0.226 e. The largest absolute Gasteiger partial charge is 0.394 e. The summed E-state index contributed by atoms with van der Waals surface area (Å²) in [6.07, 6.45) is 3.04. The molecule has 1 saturated carbocycles. The minimum absolute atomic E-state index is 0.00754. The van der Waals surface area contributed by atoms with E-state index < -0.39 is 0 Å².